The highest BCUT2D eigenvalue weighted by Crippen LogP contribution is 2.34. The maximum atomic E-state index is 11.1. The van der Waals surface area contributed by atoms with Gasteiger partial charge in [-0.05, 0) is 18.1 Å². The number of thioether (sulfide) groups is 1. The second-order valence-corrected chi connectivity index (χ2v) is 5.48. The lowest BCUT2D eigenvalue weighted by Gasteiger charge is -2.17. The Morgan fingerprint density at radius 1 is 1.38 bits per heavy atom. The van der Waals surface area contributed by atoms with Gasteiger partial charge in [-0.2, -0.15) is 0 Å². The number of rotatable bonds is 4. The summed E-state index contributed by atoms with van der Waals surface area (Å²) in [6, 6.07) is 5.00. The second-order valence-electron chi connectivity index (χ2n) is 4.10. The Bertz CT molecular complexity index is 391. The maximum absolute atomic E-state index is 11.1. The predicted molar refractivity (Wildman–Crippen MR) is 68.0 cm³/mol. The van der Waals surface area contributed by atoms with E-state index >= 15 is 0 Å². The summed E-state index contributed by atoms with van der Waals surface area (Å²) in [6.07, 6.45) is 0. The zero-order valence-electron chi connectivity index (χ0n) is 9.73. The first-order valence-electron chi connectivity index (χ1n) is 5.22. The van der Waals surface area contributed by atoms with Crippen molar-refractivity contribution in [1.82, 2.24) is 0 Å². The molecule has 0 saturated heterocycles. The van der Waals surface area contributed by atoms with Gasteiger partial charge >= 0.3 is 5.97 Å². The molecule has 3 N–H and O–H groups in total. The molecule has 1 atom stereocenters. The molecule has 0 aliphatic heterocycles. The van der Waals surface area contributed by atoms with Crippen LogP contribution in [0.3, 0.4) is 0 Å². The average Bonchev–Trinajstić information content (AvgIpc) is 2.20. The van der Waals surface area contributed by atoms with E-state index < -0.39 is 5.97 Å². The molecule has 88 valence electrons. The van der Waals surface area contributed by atoms with E-state index in [2.05, 4.69) is 20.8 Å². The van der Waals surface area contributed by atoms with E-state index in [9.17, 15) is 4.79 Å². The molecule has 0 aromatic heterocycles. The molecular formula is C12H17NO2S. The van der Waals surface area contributed by atoms with Gasteiger partial charge in [-0.1, -0.05) is 26.8 Å². The minimum atomic E-state index is -0.925. The first-order chi connectivity index (χ1) is 7.43. The van der Waals surface area contributed by atoms with Gasteiger partial charge in [0.2, 0.25) is 0 Å². The van der Waals surface area contributed by atoms with Crippen molar-refractivity contribution in [2.24, 2.45) is 5.92 Å². The number of aromatic carboxylic acids is 1. The number of nitrogen functional groups attached to an aromatic ring is 1. The topological polar surface area (TPSA) is 63.3 Å². The van der Waals surface area contributed by atoms with Gasteiger partial charge < -0.3 is 10.8 Å². The molecule has 0 saturated carbocycles. The van der Waals surface area contributed by atoms with E-state index in [1.165, 1.54) is 11.8 Å². The number of benzene rings is 1. The summed E-state index contributed by atoms with van der Waals surface area (Å²) in [7, 11) is 0. The van der Waals surface area contributed by atoms with E-state index in [1.54, 1.807) is 18.2 Å². The SMILES string of the molecule is CC(C)C(C)Sc1c(N)cccc1C(=O)O. The lowest BCUT2D eigenvalue weighted by Crippen LogP contribution is -2.09. The second kappa shape index (κ2) is 5.25. The molecule has 1 rings (SSSR count). The summed E-state index contributed by atoms with van der Waals surface area (Å²) in [5, 5.41) is 9.41. The van der Waals surface area contributed by atoms with E-state index in [0.29, 0.717) is 21.8 Å². The normalized spacial score (nSPS) is 12.8. The van der Waals surface area contributed by atoms with E-state index in [-0.39, 0.29) is 5.56 Å². The summed E-state index contributed by atoms with van der Waals surface area (Å²) in [5.74, 6) is -0.447. The van der Waals surface area contributed by atoms with Gasteiger partial charge in [0.1, 0.15) is 0 Å². The molecule has 16 heavy (non-hydrogen) atoms. The number of carboxylic acids is 1. The summed E-state index contributed by atoms with van der Waals surface area (Å²) in [5.41, 5.74) is 6.65. The van der Waals surface area contributed by atoms with Gasteiger partial charge in [-0.15, -0.1) is 11.8 Å². The van der Waals surface area contributed by atoms with Crippen LogP contribution in [0.25, 0.3) is 0 Å². The van der Waals surface area contributed by atoms with Crippen molar-refractivity contribution in [1.29, 1.82) is 0 Å². The lowest BCUT2D eigenvalue weighted by molar-refractivity contribution is 0.0693. The van der Waals surface area contributed by atoms with Crippen LogP contribution in [0.4, 0.5) is 5.69 Å². The first kappa shape index (κ1) is 12.9. The average molecular weight is 239 g/mol. The van der Waals surface area contributed by atoms with Crippen molar-refractivity contribution in [2.45, 2.75) is 30.9 Å². The highest BCUT2D eigenvalue weighted by atomic mass is 32.2. The molecular weight excluding hydrogens is 222 g/mol. The zero-order chi connectivity index (χ0) is 12.3. The molecule has 0 heterocycles. The summed E-state index contributed by atoms with van der Waals surface area (Å²) in [6.45, 7) is 6.29. The van der Waals surface area contributed by atoms with E-state index in [0.717, 1.165) is 0 Å². The van der Waals surface area contributed by atoms with Crippen LogP contribution in [0.2, 0.25) is 0 Å². The van der Waals surface area contributed by atoms with Crippen molar-refractivity contribution < 1.29 is 9.90 Å². The van der Waals surface area contributed by atoms with Crippen molar-refractivity contribution in [3.8, 4) is 0 Å². The van der Waals surface area contributed by atoms with Crippen LogP contribution >= 0.6 is 11.8 Å². The third-order valence-corrected chi connectivity index (χ3v) is 4.13. The van der Waals surface area contributed by atoms with Crippen LogP contribution in [0.15, 0.2) is 23.1 Å². The Hall–Kier alpha value is -1.16. The molecule has 0 amide bonds. The molecule has 4 heteroatoms. The van der Waals surface area contributed by atoms with Gasteiger partial charge in [0, 0.05) is 15.8 Å². The highest BCUT2D eigenvalue weighted by Gasteiger charge is 2.17. The fourth-order valence-corrected chi connectivity index (χ4v) is 2.31. The van der Waals surface area contributed by atoms with Gasteiger partial charge in [0.25, 0.3) is 0 Å². The number of carbonyl (C=O) groups is 1. The molecule has 0 radical (unpaired) electrons. The van der Waals surface area contributed by atoms with Crippen molar-refractivity contribution in [3.63, 3.8) is 0 Å². The summed E-state index contributed by atoms with van der Waals surface area (Å²) < 4.78 is 0. The smallest absolute Gasteiger partial charge is 0.336 e. The molecule has 0 bridgehead atoms. The first-order valence-corrected chi connectivity index (χ1v) is 6.10. The maximum Gasteiger partial charge on any atom is 0.336 e. The highest BCUT2D eigenvalue weighted by molar-refractivity contribution is 8.00. The summed E-state index contributed by atoms with van der Waals surface area (Å²) in [4.78, 5) is 11.7. The van der Waals surface area contributed by atoms with Gasteiger partial charge in [0.05, 0.1) is 5.56 Å². The molecule has 0 fully saturated rings. The Morgan fingerprint density at radius 3 is 2.50 bits per heavy atom. The number of hydrogen-bond acceptors (Lipinski definition) is 3. The molecule has 1 aromatic carbocycles. The molecule has 0 aliphatic rings. The lowest BCUT2D eigenvalue weighted by atomic mass is 10.1. The van der Waals surface area contributed by atoms with Crippen molar-refractivity contribution >= 4 is 23.4 Å². The quantitative estimate of drug-likeness (QED) is 0.626. The largest absolute Gasteiger partial charge is 0.478 e. The molecule has 3 nitrogen and oxygen atoms in total. The predicted octanol–water partition coefficient (Wildman–Crippen LogP) is 3.10. The monoisotopic (exact) mass is 239 g/mol. The van der Waals surface area contributed by atoms with Gasteiger partial charge in [0.15, 0.2) is 0 Å². The molecule has 0 aliphatic carbocycles. The summed E-state index contributed by atoms with van der Waals surface area (Å²) >= 11 is 1.53. The van der Waals surface area contributed by atoms with Crippen LogP contribution in [0, 0.1) is 5.92 Å². The zero-order valence-corrected chi connectivity index (χ0v) is 10.5. The Morgan fingerprint density at radius 2 is 2.00 bits per heavy atom. The number of carboxylic acid groups (broad SMARTS) is 1. The minimum absolute atomic E-state index is 0.289. The third-order valence-electron chi connectivity index (χ3n) is 2.52. The van der Waals surface area contributed by atoms with Crippen LogP contribution in [0.1, 0.15) is 31.1 Å². The molecule has 0 spiro atoms. The Balaban J connectivity index is 3.06. The van der Waals surface area contributed by atoms with Crippen LogP contribution < -0.4 is 5.73 Å². The van der Waals surface area contributed by atoms with Gasteiger partial charge in [-0.3, -0.25) is 0 Å². The van der Waals surface area contributed by atoms with Crippen LogP contribution in [-0.2, 0) is 0 Å². The molecule has 1 aromatic rings. The number of anilines is 1. The van der Waals surface area contributed by atoms with Crippen LogP contribution in [-0.4, -0.2) is 16.3 Å². The number of hydrogen-bond donors (Lipinski definition) is 2. The van der Waals surface area contributed by atoms with Crippen LogP contribution in [0.5, 0.6) is 0 Å². The van der Waals surface area contributed by atoms with Crippen molar-refractivity contribution in [2.75, 3.05) is 5.73 Å². The standard InChI is InChI=1S/C12H17NO2S/c1-7(2)8(3)16-11-9(12(14)15)5-4-6-10(11)13/h4-8H,13H2,1-3H3,(H,14,15). The Labute approximate surface area is 100 Å². The number of nitrogens with two attached hydrogens (primary N) is 1. The fraction of sp³-hybridized carbons (Fsp3) is 0.417. The Kier molecular flexibility index (Phi) is 4.24. The fourth-order valence-electron chi connectivity index (χ4n) is 1.18. The van der Waals surface area contributed by atoms with E-state index in [1.807, 2.05) is 0 Å². The van der Waals surface area contributed by atoms with E-state index in [4.69, 9.17) is 10.8 Å². The molecule has 1 unspecified atom stereocenters. The van der Waals surface area contributed by atoms with Gasteiger partial charge in [-0.25, -0.2) is 4.79 Å². The third kappa shape index (κ3) is 2.92. The van der Waals surface area contributed by atoms with Crippen molar-refractivity contribution in [3.05, 3.63) is 23.8 Å². The minimum Gasteiger partial charge on any atom is -0.478 e.